The number of carbonyl (C=O) groups excluding carboxylic acids is 1. The maximum atomic E-state index is 12.5. The van der Waals surface area contributed by atoms with Crippen molar-refractivity contribution in [1.82, 2.24) is 10.0 Å². The van der Waals surface area contributed by atoms with E-state index in [4.69, 9.17) is 5.73 Å². The molecule has 0 saturated carbocycles. The first-order valence-electron chi connectivity index (χ1n) is 8.87. The van der Waals surface area contributed by atoms with Crippen LogP contribution in [0.5, 0.6) is 0 Å². The summed E-state index contributed by atoms with van der Waals surface area (Å²) in [6.45, 7) is 7.87. The highest BCUT2D eigenvalue weighted by atomic mass is 16.5. The number of nitrogens with two attached hydrogens (primary N) is 1. The van der Waals surface area contributed by atoms with Crippen molar-refractivity contribution in [2.45, 2.75) is 45.1 Å². The molecule has 1 amide bonds. The summed E-state index contributed by atoms with van der Waals surface area (Å²) in [5.41, 5.74) is 5.70. The first kappa shape index (κ1) is 19.7. The van der Waals surface area contributed by atoms with E-state index in [2.05, 4.69) is 18.8 Å². The van der Waals surface area contributed by atoms with Crippen LogP contribution in [0.4, 0.5) is 0 Å². The van der Waals surface area contributed by atoms with Gasteiger partial charge in [0, 0.05) is 12.1 Å². The van der Waals surface area contributed by atoms with Gasteiger partial charge in [-0.15, -0.1) is 11.3 Å². The third-order valence-corrected chi connectivity index (χ3v) is 4.53. The van der Waals surface area contributed by atoms with Crippen molar-refractivity contribution in [3.63, 3.8) is 0 Å². The van der Waals surface area contributed by atoms with Crippen molar-refractivity contribution >= 4 is 16.7 Å². The number of unbranched alkanes of at least 4 members (excludes halogenated alkanes) is 1. The number of nitrogens with zero attached hydrogens (tertiary/aromatic N) is 1. The van der Waals surface area contributed by atoms with Gasteiger partial charge in [0.05, 0.1) is 5.39 Å². The fourth-order valence-corrected chi connectivity index (χ4v) is 2.68. The third-order valence-electron chi connectivity index (χ3n) is 4.53. The molecule has 140 valence electrons. The number of rotatable bonds is 8. The quantitative estimate of drug-likeness (QED) is 0.500. The van der Waals surface area contributed by atoms with E-state index in [9.17, 15) is 14.8 Å². The van der Waals surface area contributed by atoms with Gasteiger partial charge in [0.25, 0.3) is 11.5 Å². The highest BCUT2D eigenvalue weighted by molar-refractivity contribution is 5.96. The molecule has 0 radical (unpaired) electrons. The average molecular weight is 357 g/mol. The van der Waals surface area contributed by atoms with Gasteiger partial charge in [0.15, 0.2) is 0 Å². The van der Waals surface area contributed by atoms with Gasteiger partial charge < -0.3 is 16.3 Å². The van der Waals surface area contributed by atoms with Crippen molar-refractivity contribution in [3.8, 4) is 0 Å². The Morgan fingerprint density at radius 1 is 1.42 bits per heavy atom. The zero-order valence-corrected chi connectivity index (χ0v) is 15.4. The molecule has 0 fully saturated rings. The summed E-state index contributed by atoms with van der Waals surface area (Å²) in [6.07, 6.45) is 5.08. The van der Waals surface area contributed by atoms with Crippen molar-refractivity contribution < 1.29 is 10.0 Å². The molecule has 2 aromatic rings. The molecular formula is C20H27N3O3. The van der Waals surface area contributed by atoms with Gasteiger partial charge in [-0.05, 0) is 49.3 Å². The second-order valence-electron chi connectivity index (χ2n) is 6.89. The third kappa shape index (κ3) is 4.52. The minimum Gasteiger partial charge on any atom is -0.425 e. The van der Waals surface area contributed by atoms with Crippen molar-refractivity contribution in [1.29, 1.82) is 0 Å². The fourth-order valence-electron chi connectivity index (χ4n) is 2.68. The number of hydrogen-bond donors (Lipinski definition) is 3. The van der Waals surface area contributed by atoms with Crippen LogP contribution in [-0.2, 0) is 6.42 Å². The first-order valence-corrected chi connectivity index (χ1v) is 8.87. The Bertz CT molecular complexity index is 868. The molecule has 6 nitrogen and oxygen atoms in total. The number of pyridine rings is 1. The minimum atomic E-state index is -0.597. The van der Waals surface area contributed by atoms with E-state index < -0.39 is 17.0 Å². The topological polar surface area (TPSA) is 97.4 Å². The highest BCUT2D eigenvalue weighted by Crippen LogP contribution is 2.16. The fraction of sp³-hybridized carbons (Fsp3) is 0.400. The van der Waals surface area contributed by atoms with E-state index in [0.29, 0.717) is 28.5 Å². The molecular weight excluding hydrogens is 330 g/mol. The maximum Gasteiger partial charge on any atom is 0.291 e. The van der Waals surface area contributed by atoms with Gasteiger partial charge in [-0.3, -0.25) is 9.59 Å². The first-order chi connectivity index (χ1) is 12.3. The molecule has 0 saturated heterocycles. The van der Waals surface area contributed by atoms with Crippen molar-refractivity contribution in [3.05, 3.63) is 58.5 Å². The van der Waals surface area contributed by atoms with Gasteiger partial charge in [0.2, 0.25) is 0 Å². The Kier molecular flexibility index (Phi) is 6.21. The lowest BCUT2D eigenvalue weighted by Crippen LogP contribution is -2.39. The lowest BCUT2D eigenvalue weighted by Gasteiger charge is -2.19. The summed E-state index contributed by atoms with van der Waals surface area (Å²) >= 11 is 0. The summed E-state index contributed by atoms with van der Waals surface area (Å²) in [5, 5.41) is 13.8. The predicted octanol–water partition coefficient (Wildman–Crippen LogP) is 2.60. The number of nitrogens with one attached hydrogen (secondary N) is 1. The zero-order valence-electron chi connectivity index (χ0n) is 15.4. The largest absolute Gasteiger partial charge is 0.425 e. The summed E-state index contributed by atoms with van der Waals surface area (Å²) in [7, 11) is 0. The normalized spacial score (nSPS) is 13.3. The summed E-state index contributed by atoms with van der Waals surface area (Å²) in [4.78, 5) is 24.8. The van der Waals surface area contributed by atoms with Gasteiger partial charge >= 0.3 is 0 Å². The van der Waals surface area contributed by atoms with E-state index in [1.54, 1.807) is 19.1 Å². The van der Waals surface area contributed by atoms with Gasteiger partial charge in [0.1, 0.15) is 5.69 Å². The summed E-state index contributed by atoms with van der Waals surface area (Å²) in [5.74, 6) is -0.526. The van der Waals surface area contributed by atoms with Crippen molar-refractivity contribution in [2.24, 2.45) is 5.73 Å². The van der Waals surface area contributed by atoms with E-state index in [-0.39, 0.29) is 5.69 Å². The number of carbonyl (C=O) groups is 1. The van der Waals surface area contributed by atoms with Crippen LogP contribution in [0.15, 0.2) is 41.7 Å². The number of aryl methyl sites for hydroxylation is 1. The number of amides is 1. The molecule has 0 aliphatic heterocycles. The molecule has 0 aliphatic rings. The molecule has 1 unspecified atom stereocenters. The minimum absolute atomic E-state index is 0.0962. The van der Waals surface area contributed by atoms with Gasteiger partial charge in [-0.2, -0.15) is 0 Å². The monoisotopic (exact) mass is 357 g/mol. The second-order valence-corrected chi connectivity index (χ2v) is 6.89. The van der Waals surface area contributed by atoms with Crippen LogP contribution in [0.25, 0.3) is 10.8 Å². The van der Waals surface area contributed by atoms with Gasteiger partial charge in [-0.25, -0.2) is 0 Å². The number of fused-ring (bicyclic) bond motifs is 1. The number of hydrogen-bond acceptors (Lipinski definition) is 4. The molecule has 0 aliphatic carbocycles. The van der Waals surface area contributed by atoms with Gasteiger partial charge in [-0.1, -0.05) is 31.6 Å². The van der Waals surface area contributed by atoms with Crippen LogP contribution in [-0.4, -0.2) is 27.9 Å². The van der Waals surface area contributed by atoms with Crippen LogP contribution in [0.2, 0.25) is 0 Å². The standard InChI is InChI=1S/C20H27N3O3/c1-4-6-7-14-8-9-15-13-17(23(26)19(25)16(15)12-14)18(24)22-11-10-20(3,21)5-2/h5,8-9,12-13,26H,2,4,6-7,10-11,21H2,1,3H3,(H,22,24). The molecule has 1 heterocycles. The lowest BCUT2D eigenvalue weighted by molar-refractivity contribution is 0.0892. The molecule has 1 aromatic heterocycles. The summed E-state index contributed by atoms with van der Waals surface area (Å²) < 4.78 is 0.413. The molecule has 0 bridgehead atoms. The molecule has 2 rings (SSSR count). The van der Waals surface area contributed by atoms with E-state index in [1.807, 2.05) is 12.1 Å². The second kappa shape index (κ2) is 8.19. The zero-order chi connectivity index (χ0) is 19.3. The Balaban J connectivity index is 2.25. The highest BCUT2D eigenvalue weighted by Gasteiger charge is 2.17. The number of benzene rings is 1. The molecule has 6 heteroatoms. The van der Waals surface area contributed by atoms with Crippen LogP contribution in [0.3, 0.4) is 0 Å². The SMILES string of the molecule is C=CC(C)(N)CCNC(=O)c1cc2ccc(CCCC)cc2c(=O)n1O. The van der Waals surface area contributed by atoms with E-state index in [0.717, 1.165) is 24.8 Å². The molecule has 4 N–H and O–H groups in total. The predicted molar refractivity (Wildman–Crippen MR) is 104 cm³/mol. The summed E-state index contributed by atoms with van der Waals surface area (Å²) in [6, 6.07) is 7.06. The van der Waals surface area contributed by atoms with Crippen LogP contribution >= 0.6 is 0 Å². The molecule has 0 spiro atoms. The lowest BCUT2D eigenvalue weighted by atomic mass is 10.00. The number of aromatic nitrogens is 1. The van der Waals surface area contributed by atoms with Crippen LogP contribution in [0, 0.1) is 0 Å². The Labute approximate surface area is 153 Å². The average Bonchev–Trinajstić information content (AvgIpc) is 2.62. The smallest absolute Gasteiger partial charge is 0.291 e. The van der Waals surface area contributed by atoms with E-state index in [1.165, 1.54) is 6.07 Å². The molecule has 1 atom stereocenters. The van der Waals surface area contributed by atoms with Crippen molar-refractivity contribution in [2.75, 3.05) is 6.54 Å². The Hall–Kier alpha value is -2.60. The molecule has 1 aromatic carbocycles. The molecule has 26 heavy (non-hydrogen) atoms. The Morgan fingerprint density at radius 3 is 2.81 bits per heavy atom. The van der Waals surface area contributed by atoms with E-state index >= 15 is 0 Å². The Morgan fingerprint density at radius 2 is 2.15 bits per heavy atom. The maximum absolute atomic E-state index is 12.5. The van der Waals surface area contributed by atoms with Crippen LogP contribution < -0.4 is 16.6 Å². The van der Waals surface area contributed by atoms with Crippen LogP contribution in [0.1, 0.15) is 49.2 Å².